The number of rotatable bonds is 43. The van der Waals surface area contributed by atoms with Gasteiger partial charge in [0.2, 0.25) is 0 Å². The zero-order chi connectivity index (χ0) is 45.8. The number of unbranched alkanes of at least 4 members (excludes halogenated alkanes) is 17. The first-order valence-corrected chi connectivity index (χ1v) is 25.1. The molecule has 63 heavy (non-hydrogen) atoms. The van der Waals surface area contributed by atoms with Gasteiger partial charge in [0.1, 0.15) is 13.2 Å². The second kappa shape index (κ2) is 50.5. The Morgan fingerprint density at radius 3 is 1.19 bits per heavy atom. The number of carbonyl (C=O) groups is 3. The van der Waals surface area contributed by atoms with Gasteiger partial charge in [0, 0.05) is 19.3 Å². The molecule has 0 aliphatic rings. The summed E-state index contributed by atoms with van der Waals surface area (Å²) in [6.45, 7) is 6.35. The second-order valence-electron chi connectivity index (χ2n) is 16.1. The van der Waals surface area contributed by atoms with Crippen LogP contribution in [0.2, 0.25) is 0 Å². The SMILES string of the molecule is CC\C=C/C=C\C=C/C=C\C=C\C=C/CCCCCC(=O)OCC(COC(=O)CCCCCCCCCCCCC)OC(=O)CCC/C=C\C/C=C\C/C=C\C/C=C\CCCCC. The van der Waals surface area contributed by atoms with Crippen LogP contribution in [0.5, 0.6) is 0 Å². The largest absolute Gasteiger partial charge is 0.462 e. The van der Waals surface area contributed by atoms with Crippen LogP contribution in [0.25, 0.3) is 0 Å². The summed E-state index contributed by atoms with van der Waals surface area (Å²) in [5, 5.41) is 0. The molecule has 0 spiro atoms. The highest BCUT2D eigenvalue weighted by Gasteiger charge is 2.19. The molecule has 0 heterocycles. The Morgan fingerprint density at radius 1 is 0.349 bits per heavy atom. The van der Waals surface area contributed by atoms with Gasteiger partial charge >= 0.3 is 17.9 Å². The molecule has 0 saturated carbocycles. The number of hydrogen-bond donors (Lipinski definition) is 0. The third-order valence-corrected chi connectivity index (χ3v) is 10.1. The van der Waals surface area contributed by atoms with Crippen molar-refractivity contribution in [2.24, 2.45) is 0 Å². The van der Waals surface area contributed by atoms with Crippen molar-refractivity contribution in [3.05, 3.63) is 122 Å². The zero-order valence-electron chi connectivity index (χ0n) is 40.3. The second-order valence-corrected chi connectivity index (χ2v) is 16.1. The van der Waals surface area contributed by atoms with Gasteiger partial charge < -0.3 is 14.2 Å². The smallest absolute Gasteiger partial charge is 0.306 e. The molecule has 0 aromatic heterocycles. The lowest BCUT2D eigenvalue weighted by Crippen LogP contribution is -2.30. The number of ether oxygens (including phenoxy) is 3. The van der Waals surface area contributed by atoms with Gasteiger partial charge in [-0.2, -0.15) is 0 Å². The van der Waals surface area contributed by atoms with Gasteiger partial charge in [-0.1, -0.05) is 226 Å². The average Bonchev–Trinajstić information content (AvgIpc) is 3.28. The molecule has 6 heteroatoms. The Kier molecular flexibility index (Phi) is 47.1. The molecule has 354 valence electrons. The lowest BCUT2D eigenvalue weighted by Gasteiger charge is -2.18. The van der Waals surface area contributed by atoms with Crippen molar-refractivity contribution in [1.82, 2.24) is 0 Å². The summed E-state index contributed by atoms with van der Waals surface area (Å²) in [6, 6.07) is 0. The van der Waals surface area contributed by atoms with Gasteiger partial charge in [0.25, 0.3) is 0 Å². The third-order valence-electron chi connectivity index (χ3n) is 10.1. The van der Waals surface area contributed by atoms with E-state index in [0.29, 0.717) is 19.3 Å². The fraction of sp³-hybridized carbons (Fsp3) is 0.596. The summed E-state index contributed by atoms with van der Waals surface area (Å²) in [4.78, 5) is 37.9. The topological polar surface area (TPSA) is 78.9 Å². The van der Waals surface area contributed by atoms with Gasteiger partial charge in [-0.3, -0.25) is 14.4 Å². The quantitative estimate of drug-likeness (QED) is 0.0200. The van der Waals surface area contributed by atoms with Crippen LogP contribution in [0.1, 0.15) is 201 Å². The van der Waals surface area contributed by atoms with Crippen LogP contribution in [-0.2, 0) is 28.6 Å². The van der Waals surface area contributed by atoms with E-state index in [1.807, 2.05) is 60.8 Å². The van der Waals surface area contributed by atoms with Crippen molar-refractivity contribution in [1.29, 1.82) is 0 Å². The van der Waals surface area contributed by atoms with Gasteiger partial charge in [0.15, 0.2) is 6.10 Å². The van der Waals surface area contributed by atoms with E-state index in [4.69, 9.17) is 14.2 Å². The lowest BCUT2D eigenvalue weighted by molar-refractivity contribution is -0.167. The summed E-state index contributed by atoms with van der Waals surface area (Å²) < 4.78 is 16.7. The average molecular weight is 871 g/mol. The molecule has 0 aromatic rings. The number of carbonyl (C=O) groups excluding carboxylic acids is 3. The molecule has 0 bridgehead atoms. The summed E-state index contributed by atoms with van der Waals surface area (Å²) in [7, 11) is 0. The van der Waals surface area contributed by atoms with Crippen molar-refractivity contribution in [3.8, 4) is 0 Å². The molecule has 0 saturated heterocycles. The minimum atomic E-state index is -0.826. The molecule has 0 N–H and O–H groups in total. The fourth-order valence-electron chi connectivity index (χ4n) is 6.35. The predicted molar refractivity (Wildman–Crippen MR) is 269 cm³/mol. The Balaban J connectivity index is 4.59. The van der Waals surface area contributed by atoms with E-state index in [1.54, 1.807) is 0 Å². The van der Waals surface area contributed by atoms with E-state index in [-0.39, 0.29) is 37.5 Å². The van der Waals surface area contributed by atoms with Crippen molar-refractivity contribution >= 4 is 17.9 Å². The van der Waals surface area contributed by atoms with Crippen LogP contribution < -0.4 is 0 Å². The molecule has 6 nitrogen and oxygen atoms in total. The highest BCUT2D eigenvalue weighted by atomic mass is 16.6. The van der Waals surface area contributed by atoms with E-state index < -0.39 is 6.10 Å². The van der Waals surface area contributed by atoms with Crippen LogP contribution in [0.3, 0.4) is 0 Å². The Labute approximate surface area is 386 Å². The van der Waals surface area contributed by atoms with Crippen molar-refractivity contribution < 1.29 is 28.6 Å². The molecule has 0 aliphatic carbocycles. The van der Waals surface area contributed by atoms with Gasteiger partial charge in [-0.15, -0.1) is 0 Å². The molecule has 0 fully saturated rings. The molecule has 0 amide bonds. The Bertz CT molecular complexity index is 1370. The van der Waals surface area contributed by atoms with Crippen LogP contribution in [0.4, 0.5) is 0 Å². The van der Waals surface area contributed by atoms with Crippen LogP contribution >= 0.6 is 0 Å². The highest BCUT2D eigenvalue weighted by molar-refractivity contribution is 5.71. The first-order chi connectivity index (χ1) is 31.0. The van der Waals surface area contributed by atoms with E-state index >= 15 is 0 Å². The molecule has 1 atom stereocenters. The number of hydrogen-bond acceptors (Lipinski definition) is 6. The number of allylic oxidation sites excluding steroid dienone is 20. The highest BCUT2D eigenvalue weighted by Crippen LogP contribution is 2.13. The zero-order valence-corrected chi connectivity index (χ0v) is 40.3. The molecule has 1 unspecified atom stereocenters. The first-order valence-electron chi connectivity index (χ1n) is 25.1. The van der Waals surface area contributed by atoms with Gasteiger partial charge in [-0.05, 0) is 77.0 Å². The molecule has 0 aromatic carbocycles. The minimum Gasteiger partial charge on any atom is -0.462 e. The molecule has 0 radical (unpaired) electrons. The first kappa shape index (κ1) is 58.8. The van der Waals surface area contributed by atoms with E-state index in [9.17, 15) is 14.4 Å². The van der Waals surface area contributed by atoms with Crippen LogP contribution in [0.15, 0.2) is 122 Å². The van der Waals surface area contributed by atoms with Gasteiger partial charge in [-0.25, -0.2) is 0 Å². The molecular formula is C57H90O6. The molecular weight excluding hydrogens is 781 g/mol. The number of esters is 3. The summed E-state index contributed by atoms with van der Waals surface area (Å²) in [5.74, 6) is -1.03. The normalized spacial score (nSPS) is 13.1. The van der Waals surface area contributed by atoms with Crippen molar-refractivity contribution in [2.75, 3.05) is 13.2 Å². The van der Waals surface area contributed by atoms with Crippen LogP contribution in [-0.4, -0.2) is 37.2 Å². The Hall–Kier alpha value is -4.19. The Morgan fingerprint density at radius 2 is 0.698 bits per heavy atom. The van der Waals surface area contributed by atoms with Crippen molar-refractivity contribution in [2.45, 2.75) is 207 Å². The standard InChI is InChI=1S/C57H90O6/c1-4-7-10-13-16-19-22-24-26-28-30-32-35-38-41-44-47-50-56(59)62-53-54(52-61-55(58)49-46-43-40-37-34-21-18-15-12-9-6-3)63-57(60)51-48-45-42-39-36-33-31-29-27-25-23-20-17-14-11-8-5-2/h7,10,13,16-17,19-20,22,24-28,30-33,35,39,42,54H,4-6,8-9,11-12,14-15,18,21,23,29,34,36-38,40-41,43-53H2,1-3H3/b10-7-,16-13-,20-17-,22-19-,26-24-,27-25-,30-28+,33-31-,35-32-,42-39-. The fourth-order valence-corrected chi connectivity index (χ4v) is 6.35. The molecule has 0 aliphatic heterocycles. The maximum Gasteiger partial charge on any atom is 0.306 e. The third kappa shape index (κ3) is 48.7. The monoisotopic (exact) mass is 871 g/mol. The maximum absolute atomic E-state index is 12.8. The van der Waals surface area contributed by atoms with Crippen LogP contribution in [0, 0.1) is 0 Å². The lowest BCUT2D eigenvalue weighted by atomic mass is 10.1. The van der Waals surface area contributed by atoms with E-state index in [1.165, 1.54) is 77.0 Å². The van der Waals surface area contributed by atoms with Gasteiger partial charge in [0.05, 0.1) is 0 Å². The summed E-state index contributed by atoms with van der Waals surface area (Å²) in [6.07, 6.45) is 68.9. The maximum atomic E-state index is 12.8. The predicted octanol–water partition coefficient (Wildman–Crippen LogP) is 16.5. The minimum absolute atomic E-state index is 0.116. The summed E-state index contributed by atoms with van der Waals surface area (Å²) >= 11 is 0. The molecule has 0 rings (SSSR count). The van der Waals surface area contributed by atoms with E-state index in [2.05, 4.69) is 81.5 Å². The van der Waals surface area contributed by atoms with E-state index in [0.717, 1.165) is 77.0 Å². The summed E-state index contributed by atoms with van der Waals surface area (Å²) in [5.41, 5.74) is 0. The van der Waals surface area contributed by atoms with Crippen molar-refractivity contribution in [3.63, 3.8) is 0 Å².